The van der Waals surface area contributed by atoms with Gasteiger partial charge in [-0.2, -0.15) is 0 Å². The largest absolute Gasteiger partial charge is 0.354 e. The van der Waals surface area contributed by atoms with Crippen molar-refractivity contribution in [2.45, 2.75) is 13.8 Å². The van der Waals surface area contributed by atoms with Gasteiger partial charge in [-0.05, 0) is 123 Å². The predicted octanol–water partition coefficient (Wildman–Crippen LogP) is 17.2. The van der Waals surface area contributed by atoms with Crippen molar-refractivity contribution in [3.8, 4) is 67.4 Å². The van der Waals surface area contributed by atoms with E-state index in [1.54, 1.807) is 12.1 Å². The molecule has 326 valence electrons. The highest BCUT2D eigenvalue weighted by atomic mass is 15.0. The Bertz CT molecular complexity index is 4750. The Morgan fingerprint density at radius 2 is 0.829 bits per heavy atom. The fourth-order valence-corrected chi connectivity index (χ4v) is 11.3. The van der Waals surface area contributed by atoms with Gasteiger partial charge in [0.15, 0.2) is 5.82 Å². The van der Waals surface area contributed by atoms with Crippen LogP contribution in [0.15, 0.2) is 200 Å². The molecule has 8 bridgehead atoms. The number of rotatable bonds is 2. The molecule has 0 saturated carbocycles. The molecule has 0 unspecified atom stereocenters. The highest BCUT2D eigenvalue weighted by Crippen LogP contribution is 2.49. The van der Waals surface area contributed by atoms with Gasteiger partial charge in [0.25, 0.3) is 0 Å². The smallest absolute Gasteiger partial charge is 0.162 e. The lowest BCUT2D eigenvalue weighted by molar-refractivity contribution is 1.27. The number of hydrogen-bond donors (Lipinski definition) is 2. The number of nitrogens with zero attached hydrogens (tertiary/aromatic N) is 3. The first kappa shape index (κ1) is 35.9. The van der Waals surface area contributed by atoms with Crippen LogP contribution in [0.2, 0.25) is 0 Å². The summed E-state index contributed by atoms with van der Waals surface area (Å²) < 4.78 is 25.8. The third kappa shape index (κ3) is 5.88. The van der Waals surface area contributed by atoms with Gasteiger partial charge < -0.3 is 9.97 Å². The highest BCUT2D eigenvalue weighted by molar-refractivity contribution is 6.20. The molecule has 0 atom stereocenters. The number of hydrogen-bond acceptors (Lipinski definition) is 3. The van der Waals surface area contributed by atoms with Crippen molar-refractivity contribution in [1.82, 2.24) is 24.9 Å². The van der Waals surface area contributed by atoms with Gasteiger partial charge in [0, 0.05) is 64.6 Å². The Balaban J connectivity index is 1.23. The van der Waals surface area contributed by atoms with E-state index >= 15 is 0 Å². The van der Waals surface area contributed by atoms with Crippen molar-refractivity contribution in [2.75, 3.05) is 0 Å². The number of fused-ring (bicyclic) bond motifs is 24. The van der Waals surface area contributed by atoms with Gasteiger partial charge in [0.2, 0.25) is 0 Å². The second-order valence-corrected chi connectivity index (χ2v) is 18.8. The molecule has 0 amide bonds. The standard InChI is InChI=1S/C65H41N5/c1-36-13-11-23-46(25-36)58-60-50-29-40-17-5-3-15-38(40)27-48(50)56(66-60)35-57-49-28-39-16-4-6-18-41(39)30-51(49)61(67-57)59(47-24-12-14-37(2)26-47)63-53-32-43-20-8-10-22-45(43)34-55(53)65(69-63)70-64-54-33-44-21-9-7-19-42(44)31-52(54)62(58)68-64/h3-35,66H,1-2H3,(H,68,69,70)/i2D3. The lowest BCUT2D eigenvalue weighted by atomic mass is 9.93. The third-order valence-corrected chi connectivity index (χ3v) is 14.5. The number of nitrogens with one attached hydrogen (secondary N) is 2. The molecule has 2 N–H and O–H groups in total. The van der Waals surface area contributed by atoms with E-state index in [1.807, 2.05) is 12.1 Å². The summed E-state index contributed by atoms with van der Waals surface area (Å²) in [5.74, 6) is 0.584. The van der Waals surface area contributed by atoms with Gasteiger partial charge in [-0.3, -0.25) is 0 Å². The quantitative estimate of drug-likeness (QED) is 0.182. The van der Waals surface area contributed by atoms with Gasteiger partial charge in [-0.15, -0.1) is 0 Å². The van der Waals surface area contributed by atoms with Crippen molar-refractivity contribution in [3.63, 3.8) is 0 Å². The van der Waals surface area contributed by atoms with E-state index in [0.717, 1.165) is 148 Å². The minimum Gasteiger partial charge on any atom is -0.354 e. The molecule has 10 aromatic carbocycles. The van der Waals surface area contributed by atoms with Crippen LogP contribution in [0.5, 0.6) is 0 Å². The average molecular weight is 895 g/mol. The number of benzene rings is 10. The summed E-state index contributed by atoms with van der Waals surface area (Å²) in [7, 11) is 0. The van der Waals surface area contributed by atoms with Gasteiger partial charge in [0.05, 0.1) is 28.1 Å². The SMILES string of the molecule is [2H]C([2H])([2H])c1cccc(-c2c3nc(cc4[nH]c(c(-c5cccc(C)c5)c5nc(nc6[nH]c2c2cc7ccccc7cc62)-c2cc6ccccc6cc2-5)c2cc5ccccc5cc42)-c2cc4ccccc4cc2-3)c1. The maximum atomic E-state index is 8.59. The zero-order valence-corrected chi connectivity index (χ0v) is 37.9. The molecule has 5 heteroatoms. The summed E-state index contributed by atoms with van der Waals surface area (Å²) in [6, 6.07) is 70.0. The summed E-state index contributed by atoms with van der Waals surface area (Å²) in [5.41, 5.74) is 14.3. The molecule has 0 radical (unpaired) electrons. The van der Waals surface area contributed by atoms with Crippen molar-refractivity contribution < 1.29 is 4.11 Å². The van der Waals surface area contributed by atoms with Crippen LogP contribution >= 0.6 is 0 Å². The summed E-state index contributed by atoms with van der Waals surface area (Å²) in [5, 5.41) is 12.7. The molecular formula is C65H41N5. The monoisotopic (exact) mass is 894 g/mol. The zero-order valence-electron chi connectivity index (χ0n) is 40.9. The third-order valence-electron chi connectivity index (χ3n) is 14.5. The van der Waals surface area contributed by atoms with Crippen LogP contribution < -0.4 is 0 Å². The Hall–Kier alpha value is -9.19. The Labute approximate surface area is 406 Å². The highest BCUT2D eigenvalue weighted by Gasteiger charge is 2.27. The van der Waals surface area contributed by atoms with Crippen LogP contribution in [0, 0.1) is 13.8 Å². The molecule has 0 fully saturated rings. The van der Waals surface area contributed by atoms with Crippen LogP contribution in [-0.4, -0.2) is 24.9 Å². The molecule has 5 nitrogen and oxygen atoms in total. The zero-order chi connectivity index (χ0) is 48.7. The first-order valence-corrected chi connectivity index (χ1v) is 23.7. The Morgan fingerprint density at radius 1 is 0.371 bits per heavy atom. The first-order chi connectivity index (χ1) is 35.7. The summed E-state index contributed by atoms with van der Waals surface area (Å²) in [4.78, 5) is 25.1. The van der Waals surface area contributed by atoms with Crippen LogP contribution in [0.3, 0.4) is 0 Å². The van der Waals surface area contributed by atoms with E-state index in [4.69, 9.17) is 19.1 Å². The van der Waals surface area contributed by atoms with E-state index in [0.29, 0.717) is 11.5 Å². The van der Waals surface area contributed by atoms with Crippen molar-refractivity contribution in [1.29, 1.82) is 0 Å². The van der Waals surface area contributed by atoms with Crippen LogP contribution in [0.4, 0.5) is 0 Å². The fourth-order valence-electron chi connectivity index (χ4n) is 11.3. The molecule has 0 spiro atoms. The fraction of sp³-hybridized carbons (Fsp3) is 0.0308. The average Bonchev–Trinajstić information content (AvgIpc) is 4.14. The van der Waals surface area contributed by atoms with Crippen molar-refractivity contribution >= 4 is 86.8 Å². The molecule has 0 saturated heterocycles. The topological polar surface area (TPSA) is 70.2 Å². The summed E-state index contributed by atoms with van der Waals surface area (Å²) in [6.07, 6.45) is 0. The molecule has 5 heterocycles. The van der Waals surface area contributed by atoms with E-state index in [9.17, 15) is 0 Å². The molecule has 15 rings (SSSR count). The van der Waals surface area contributed by atoms with Gasteiger partial charge >= 0.3 is 0 Å². The van der Waals surface area contributed by atoms with Gasteiger partial charge in [0.1, 0.15) is 5.65 Å². The number of aryl methyl sites for hydroxylation is 2. The summed E-state index contributed by atoms with van der Waals surface area (Å²) >= 11 is 0. The molecular weight excluding hydrogens is 851 g/mol. The first-order valence-electron chi connectivity index (χ1n) is 25.2. The van der Waals surface area contributed by atoms with E-state index < -0.39 is 6.85 Å². The van der Waals surface area contributed by atoms with Crippen LogP contribution in [0.1, 0.15) is 15.2 Å². The van der Waals surface area contributed by atoms with Crippen LogP contribution in [-0.2, 0) is 0 Å². The number of aromatic amines is 2. The molecule has 2 aliphatic heterocycles. The summed E-state index contributed by atoms with van der Waals surface area (Å²) in [6.45, 7) is -0.211. The maximum absolute atomic E-state index is 8.59. The maximum Gasteiger partial charge on any atom is 0.162 e. The Kier molecular flexibility index (Phi) is 7.52. The van der Waals surface area contributed by atoms with E-state index in [-0.39, 0.29) is 5.56 Å². The van der Waals surface area contributed by atoms with Crippen LogP contribution in [0.25, 0.3) is 154 Å². The predicted molar refractivity (Wildman–Crippen MR) is 293 cm³/mol. The number of H-pyrrole nitrogens is 2. The second kappa shape index (κ2) is 14.7. The van der Waals surface area contributed by atoms with Gasteiger partial charge in [-0.1, -0.05) is 157 Å². The van der Waals surface area contributed by atoms with E-state index in [2.05, 4.69) is 193 Å². The normalized spacial score (nSPS) is 13.0. The number of aromatic nitrogens is 5. The molecule has 2 aliphatic rings. The molecule has 70 heavy (non-hydrogen) atoms. The van der Waals surface area contributed by atoms with Gasteiger partial charge in [-0.25, -0.2) is 15.0 Å². The van der Waals surface area contributed by atoms with E-state index in [1.165, 1.54) is 0 Å². The minimum absolute atomic E-state index is 0.245. The van der Waals surface area contributed by atoms with Crippen molar-refractivity contribution in [3.05, 3.63) is 211 Å². The van der Waals surface area contributed by atoms with Crippen molar-refractivity contribution in [2.24, 2.45) is 0 Å². The second-order valence-electron chi connectivity index (χ2n) is 18.8. The lowest BCUT2D eigenvalue weighted by Gasteiger charge is -2.10. The molecule has 0 aliphatic carbocycles. The minimum atomic E-state index is -2.35. The lowest BCUT2D eigenvalue weighted by Crippen LogP contribution is -1.87. The Morgan fingerprint density at radius 3 is 1.41 bits per heavy atom. The molecule has 3 aromatic heterocycles. The molecule has 13 aromatic rings.